The molecule has 0 bridgehead atoms. The van der Waals surface area contributed by atoms with Crippen LogP contribution in [0, 0.1) is 0 Å². The predicted molar refractivity (Wildman–Crippen MR) is 69.1 cm³/mol. The van der Waals surface area contributed by atoms with Gasteiger partial charge in [-0.25, -0.2) is 4.98 Å². The lowest BCUT2D eigenvalue weighted by Gasteiger charge is -2.34. The smallest absolute Gasteiger partial charge is 0.255 e. The van der Waals surface area contributed by atoms with E-state index in [0.29, 0.717) is 11.4 Å². The van der Waals surface area contributed by atoms with Crippen molar-refractivity contribution in [1.29, 1.82) is 0 Å². The Morgan fingerprint density at radius 3 is 2.50 bits per heavy atom. The molecule has 0 spiro atoms. The van der Waals surface area contributed by atoms with E-state index in [1.54, 1.807) is 18.3 Å². The second kappa shape index (κ2) is 4.57. The highest BCUT2D eigenvalue weighted by Gasteiger charge is 2.32. The average molecular weight is 246 g/mol. The van der Waals surface area contributed by atoms with Gasteiger partial charge in [0.1, 0.15) is 5.82 Å². The molecule has 1 aliphatic carbocycles. The van der Waals surface area contributed by atoms with E-state index in [4.69, 9.17) is 5.73 Å². The van der Waals surface area contributed by atoms with Crippen LogP contribution in [0.4, 0.5) is 5.82 Å². The molecule has 18 heavy (non-hydrogen) atoms. The average Bonchev–Trinajstić information content (AvgIpc) is 3.23. The molecule has 0 atom stereocenters. The van der Waals surface area contributed by atoms with Crippen molar-refractivity contribution in [3.8, 4) is 0 Å². The fourth-order valence-electron chi connectivity index (χ4n) is 2.44. The van der Waals surface area contributed by atoms with Gasteiger partial charge in [0.25, 0.3) is 5.91 Å². The summed E-state index contributed by atoms with van der Waals surface area (Å²) in [6, 6.07) is 4.21. The van der Waals surface area contributed by atoms with Gasteiger partial charge in [0.15, 0.2) is 0 Å². The lowest BCUT2D eigenvalue weighted by atomic mass is 10.2. The molecule has 2 fully saturated rings. The van der Waals surface area contributed by atoms with Gasteiger partial charge in [0, 0.05) is 38.4 Å². The number of nitrogens with zero attached hydrogens (tertiary/aromatic N) is 3. The molecule has 2 aliphatic rings. The van der Waals surface area contributed by atoms with Crippen LogP contribution >= 0.6 is 0 Å². The van der Waals surface area contributed by atoms with Gasteiger partial charge in [-0.1, -0.05) is 0 Å². The molecule has 2 heterocycles. The molecule has 1 amide bonds. The van der Waals surface area contributed by atoms with E-state index in [2.05, 4.69) is 9.88 Å². The summed E-state index contributed by atoms with van der Waals surface area (Å²) in [6.45, 7) is 3.64. The first-order valence-corrected chi connectivity index (χ1v) is 6.49. The van der Waals surface area contributed by atoms with E-state index < -0.39 is 0 Å². The number of anilines is 1. The fourth-order valence-corrected chi connectivity index (χ4v) is 2.44. The third-order valence-corrected chi connectivity index (χ3v) is 3.70. The van der Waals surface area contributed by atoms with E-state index in [1.807, 2.05) is 4.90 Å². The number of nitrogen functional groups attached to an aromatic ring is 1. The quantitative estimate of drug-likeness (QED) is 0.829. The van der Waals surface area contributed by atoms with Gasteiger partial charge in [-0.15, -0.1) is 0 Å². The van der Waals surface area contributed by atoms with E-state index in [0.717, 1.165) is 32.2 Å². The molecule has 1 aliphatic heterocycles. The second-order valence-electron chi connectivity index (χ2n) is 5.03. The Kier molecular flexibility index (Phi) is 2.91. The minimum absolute atomic E-state index is 0.0675. The highest BCUT2D eigenvalue weighted by Crippen LogP contribution is 2.27. The Labute approximate surface area is 107 Å². The minimum Gasteiger partial charge on any atom is -0.384 e. The Balaban J connectivity index is 1.61. The van der Waals surface area contributed by atoms with Gasteiger partial charge in [-0.05, 0) is 25.0 Å². The molecule has 2 N–H and O–H groups in total. The fraction of sp³-hybridized carbons (Fsp3) is 0.538. The van der Waals surface area contributed by atoms with Gasteiger partial charge in [0.2, 0.25) is 0 Å². The molecule has 5 nitrogen and oxygen atoms in total. The van der Waals surface area contributed by atoms with Crippen LogP contribution in [0.15, 0.2) is 18.3 Å². The SMILES string of the molecule is Nc1ccc(C(=O)N2CCN(C3CC3)CC2)cn1. The molecule has 3 rings (SSSR count). The number of aromatic nitrogens is 1. The van der Waals surface area contributed by atoms with E-state index in [1.165, 1.54) is 12.8 Å². The van der Waals surface area contributed by atoms with Gasteiger partial charge < -0.3 is 10.6 Å². The van der Waals surface area contributed by atoms with Crippen LogP contribution in [0.5, 0.6) is 0 Å². The molecule has 1 aromatic heterocycles. The van der Waals surface area contributed by atoms with Crippen molar-refractivity contribution in [2.45, 2.75) is 18.9 Å². The van der Waals surface area contributed by atoms with Gasteiger partial charge in [-0.3, -0.25) is 9.69 Å². The van der Waals surface area contributed by atoms with Crippen molar-refractivity contribution in [2.75, 3.05) is 31.9 Å². The normalized spacial score (nSPS) is 21.0. The lowest BCUT2D eigenvalue weighted by Crippen LogP contribution is -2.49. The van der Waals surface area contributed by atoms with E-state index >= 15 is 0 Å². The Morgan fingerprint density at radius 2 is 1.94 bits per heavy atom. The molecule has 0 radical (unpaired) electrons. The number of rotatable bonds is 2. The van der Waals surface area contributed by atoms with Crippen molar-refractivity contribution in [3.05, 3.63) is 23.9 Å². The third-order valence-electron chi connectivity index (χ3n) is 3.70. The summed E-state index contributed by atoms with van der Waals surface area (Å²) in [5.74, 6) is 0.517. The predicted octanol–water partition coefficient (Wildman–Crippen LogP) is 0.584. The first-order chi connectivity index (χ1) is 8.74. The van der Waals surface area contributed by atoms with Crippen molar-refractivity contribution in [2.24, 2.45) is 0 Å². The standard InChI is InChI=1S/C13H18N4O/c14-12-4-1-10(9-15-12)13(18)17-7-5-16(6-8-17)11-2-3-11/h1,4,9,11H,2-3,5-8H2,(H2,14,15). The van der Waals surface area contributed by atoms with E-state index in [9.17, 15) is 4.79 Å². The van der Waals surface area contributed by atoms with Crippen molar-refractivity contribution >= 4 is 11.7 Å². The maximum atomic E-state index is 12.2. The topological polar surface area (TPSA) is 62.5 Å². The zero-order valence-electron chi connectivity index (χ0n) is 10.4. The maximum Gasteiger partial charge on any atom is 0.255 e. The van der Waals surface area contributed by atoms with Crippen molar-refractivity contribution < 1.29 is 4.79 Å². The second-order valence-corrected chi connectivity index (χ2v) is 5.03. The van der Waals surface area contributed by atoms with Gasteiger partial charge in [-0.2, -0.15) is 0 Å². The van der Waals surface area contributed by atoms with E-state index in [-0.39, 0.29) is 5.91 Å². The van der Waals surface area contributed by atoms with Gasteiger partial charge >= 0.3 is 0 Å². The molecule has 1 saturated heterocycles. The number of nitrogens with two attached hydrogens (primary N) is 1. The Morgan fingerprint density at radius 1 is 1.22 bits per heavy atom. The highest BCUT2D eigenvalue weighted by molar-refractivity contribution is 5.94. The maximum absolute atomic E-state index is 12.2. The summed E-state index contributed by atoms with van der Waals surface area (Å²) in [6.07, 6.45) is 4.22. The number of amides is 1. The van der Waals surface area contributed by atoms with Crippen LogP contribution in [-0.2, 0) is 0 Å². The molecule has 1 aromatic rings. The summed E-state index contributed by atoms with van der Waals surface area (Å²) in [5, 5.41) is 0. The van der Waals surface area contributed by atoms with Crippen LogP contribution in [0.1, 0.15) is 23.2 Å². The first-order valence-electron chi connectivity index (χ1n) is 6.49. The van der Waals surface area contributed by atoms with Crippen LogP contribution in [0.2, 0.25) is 0 Å². The Hall–Kier alpha value is -1.62. The summed E-state index contributed by atoms with van der Waals surface area (Å²) in [5.41, 5.74) is 6.15. The molecule has 5 heteroatoms. The highest BCUT2D eigenvalue weighted by atomic mass is 16.2. The molecular weight excluding hydrogens is 228 g/mol. The van der Waals surface area contributed by atoms with Crippen LogP contribution in [0.3, 0.4) is 0 Å². The summed E-state index contributed by atoms with van der Waals surface area (Å²) in [7, 11) is 0. The molecule has 0 unspecified atom stereocenters. The summed E-state index contributed by atoms with van der Waals surface area (Å²) < 4.78 is 0. The summed E-state index contributed by atoms with van der Waals surface area (Å²) >= 11 is 0. The molecular formula is C13H18N4O. The monoisotopic (exact) mass is 246 g/mol. The summed E-state index contributed by atoms with van der Waals surface area (Å²) in [4.78, 5) is 20.6. The van der Waals surface area contributed by atoms with Crippen LogP contribution < -0.4 is 5.73 Å². The first kappa shape index (κ1) is 11.5. The van der Waals surface area contributed by atoms with Crippen LogP contribution in [0.25, 0.3) is 0 Å². The van der Waals surface area contributed by atoms with Gasteiger partial charge in [0.05, 0.1) is 5.56 Å². The number of carbonyl (C=O) groups is 1. The number of piperazine rings is 1. The number of hydrogen-bond donors (Lipinski definition) is 1. The largest absolute Gasteiger partial charge is 0.384 e. The Bertz CT molecular complexity index is 433. The zero-order valence-corrected chi connectivity index (χ0v) is 10.4. The van der Waals surface area contributed by atoms with Crippen molar-refractivity contribution in [3.63, 3.8) is 0 Å². The number of hydrogen-bond acceptors (Lipinski definition) is 4. The van der Waals surface area contributed by atoms with Crippen molar-refractivity contribution in [1.82, 2.24) is 14.8 Å². The number of carbonyl (C=O) groups excluding carboxylic acids is 1. The molecule has 1 saturated carbocycles. The minimum atomic E-state index is 0.0675. The molecule has 0 aromatic carbocycles. The lowest BCUT2D eigenvalue weighted by molar-refractivity contribution is 0.0627. The zero-order chi connectivity index (χ0) is 12.5. The number of pyridine rings is 1. The third kappa shape index (κ3) is 2.31. The molecule has 96 valence electrons. The van der Waals surface area contributed by atoms with Crippen LogP contribution in [-0.4, -0.2) is 52.9 Å².